The van der Waals surface area contributed by atoms with E-state index in [9.17, 15) is 0 Å². The summed E-state index contributed by atoms with van der Waals surface area (Å²) in [6.07, 6.45) is 1.18. The first-order chi connectivity index (χ1) is 8.02. The third-order valence-corrected chi connectivity index (χ3v) is 3.35. The minimum Gasteiger partial charge on any atom is -0.330 e. The average Bonchev–Trinajstić information content (AvgIpc) is 2.30. The summed E-state index contributed by atoms with van der Waals surface area (Å²) in [4.78, 5) is 2.38. The Morgan fingerprint density at radius 3 is 2.65 bits per heavy atom. The van der Waals surface area contributed by atoms with Crippen LogP contribution in [0.4, 0.5) is 0 Å². The molecule has 1 atom stereocenters. The van der Waals surface area contributed by atoms with E-state index < -0.39 is 0 Å². The zero-order chi connectivity index (χ0) is 12.8. The zero-order valence-corrected chi connectivity index (χ0v) is 11.7. The second kappa shape index (κ2) is 6.77. The maximum absolute atomic E-state index is 5.64. The van der Waals surface area contributed by atoms with Crippen LogP contribution in [0.2, 0.25) is 0 Å². The van der Waals surface area contributed by atoms with Crippen LogP contribution in [-0.4, -0.2) is 25.0 Å². The Labute approximate surface area is 106 Å². The van der Waals surface area contributed by atoms with Crippen LogP contribution in [0.5, 0.6) is 0 Å². The predicted octanol–water partition coefficient (Wildman–Crippen LogP) is 2.72. The third kappa shape index (κ3) is 4.88. The van der Waals surface area contributed by atoms with Gasteiger partial charge < -0.3 is 10.6 Å². The SMILES string of the molecule is Cc1ccc(C)c(CN(C)CCC(C)CN)c1. The van der Waals surface area contributed by atoms with Crippen LogP contribution in [0, 0.1) is 19.8 Å². The first kappa shape index (κ1) is 14.2. The molecule has 0 spiro atoms. The van der Waals surface area contributed by atoms with Crippen LogP contribution in [0.15, 0.2) is 18.2 Å². The van der Waals surface area contributed by atoms with Crippen molar-refractivity contribution < 1.29 is 0 Å². The summed E-state index contributed by atoms with van der Waals surface area (Å²) in [6, 6.07) is 6.68. The number of hydrogen-bond acceptors (Lipinski definition) is 2. The molecular formula is C15H26N2. The molecule has 0 aliphatic rings. The fourth-order valence-corrected chi connectivity index (χ4v) is 1.90. The van der Waals surface area contributed by atoms with Crippen LogP contribution in [0.3, 0.4) is 0 Å². The highest BCUT2D eigenvalue weighted by Crippen LogP contribution is 2.13. The minimum absolute atomic E-state index is 0.621. The lowest BCUT2D eigenvalue weighted by Crippen LogP contribution is -2.23. The zero-order valence-electron chi connectivity index (χ0n) is 11.7. The van der Waals surface area contributed by atoms with Gasteiger partial charge in [-0.1, -0.05) is 30.7 Å². The third-order valence-electron chi connectivity index (χ3n) is 3.35. The number of rotatable bonds is 6. The van der Waals surface area contributed by atoms with Gasteiger partial charge in [0.2, 0.25) is 0 Å². The van der Waals surface area contributed by atoms with Crippen molar-refractivity contribution in [3.05, 3.63) is 34.9 Å². The second-order valence-electron chi connectivity index (χ2n) is 5.30. The standard InChI is InChI=1S/C15H26N2/c1-12-5-6-14(3)15(9-12)11-17(4)8-7-13(2)10-16/h5-6,9,13H,7-8,10-11,16H2,1-4H3. The lowest BCUT2D eigenvalue weighted by molar-refractivity contribution is 0.299. The molecule has 0 bridgehead atoms. The quantitative estimate of drug-likeness (QED) is 0.820. The minimum atomic E-state index is 0.621. The van der Waals surface area contributed by atoms with Gasteiger partial charge in [-0.05, 0) is 57.5 Å². The lowest BCUT2D eigenvalue weighted by Gasteiger charge is -2.20. The van der Waals surface area contributed by atoms with E-state index in [1.54, 1.807) is 0 Å². The van der Waals surface area contributed by atoms with E-state index in [1.165, 1.54) is 23.1 Å². The smallest absolute Gasteiger partial charge is 0.0233 e. The van der Waals surface area contributed by atoms with Crippen LogP contribution in [0.25, 0.3) is 0 Å². The van der Waals surface area contributed by atoms with Crippen LogP contribution in [0.1, 0.15) is 30.0 Å². The van der Waals surface area contributed by atoms with Crippen LogP contribution >= 0.6 is 0 Å². The first-order valence-corrected chi connectivity index (χ1v) is 6.47. The topological polar surface area (TPSA) is 29.3 Å². The van der Waals surface area contributed by atoms with Gasteiger partial charge in [0, 0.05) is 6.54 Å². The van der Waals surface area contributed by atoms with E-state index in [1.807, 2.05) is 0 Å². The number of nitrogens with zero attached hydrogens (tertiary/aromatic N) is 1. The Hall–Kier alpha value is -0.860. The van der Waals surface area contributed by atoms with E-state index in [0.717, 1.165) is 19.6 Å². The molecule has 0 aliphatic heterocycles. The van der Waals surface area contributed by atoms with E-state index in [0.29, 0.717) is 5.92 Å². The molecule has 0 fully saturated rings. The van der Waals surface area contributed by atoms with Crippen molar-refractivity contribution in [1.82, 2.24) is 4.90 Å². The molecule has 2 heteroatoms. The molecule has 1 aromatic carbocycles. The number of benzene rings is 1. The van der Waals surface area contributed by atoms with Crippen LogP contribution in [-0.2, 0) is 6.54 Å². The lowest BCUT2D eigenvalue weighted by atomic mass is 10.0. The first-order valence-electron chi connectivity index (χ1n) is 6.47. The summed E-state index contributed by atoms with van der Waals surface area (Å²) >= 11 is 0. The Morgan fingerprint density at radius 1 is 1.29 bits per heavy atom. The number of aryl methyl sites for hydroxylation is 2. The van der Waals surface area contributed by atoms with E-state index >= 15 is 0 Å². The molecular weight excluding hydrogens is 208 g/mol. The van der Waals surface area contributed by atoms with E-state index in [2.05, 4.69) is 50.9 Å². The molecule has 2 nitrogen and oxygen atoms in total. The van der Waals surface area contributed by atoms with Crippen molar-refractivity contribution >= 4 is 0 Å². The predicted molar refractivity (Wildman–Crippen MR) is 75.1 cm³/mol. The average molecular weight is 234 g/mol. The summed E-state index contributed by atoms with van der Waals surface area (Å²) in [5.74, 6) is 0.621. The molecule has 0 radical (unpaired) electrons. The van der Waals surface area contributed by atoms with Gasteiger partial charge in [-0.25, -0.2) is 0 Å². The molecule has 0 aliphatic carbocycles. The van der Waals surface area contributed by atoms with Crippen LogP contribution < -0.4 is 5.73 Å². The van der Waals surface area contributed by atoms with E-state index in [-0.39, 0.29) is 0 Å². The highest BCUT2D eigenvalue weighted by molar-refractivity contribution is 5.30. The molecule has 0 amide bonds. The summed E-state index contributed by atoms with van der Waals surface area (Å²) in [6.45, 7) is 9.49. The fraction of sp³-hybridized carbons (Fsp3) is 0.600. The summed E-state index contributed by atoms with van der Waals surface area (Å²) in [5.41, 5.74) is 9.80. The van der Waals surface area contributed by atoms with Crippen molar-refractivity contribution in [3.8, 4) is 0 Å². The Balaban J connectivity index is 2.50. The monoisotopic (exact) mass is 234 g/mol. The molecule has 96 valence electrons. The highest BCUT2D eigenvalue weighted by atomic mass is 15.1. The summed E-state index contributed by atoms with van der Waals surface area (Å²) < 4.78 is 0. The van der Waals surface area contributed by atoms with Crippen molar-refractivity contribution in [2.24, 2.45) is 11.7 Å². The van der Waals surface area contributed by atoms with Gasteiger partial charge in [0.25, 0.3) is 0 Å². The maximum Gasteiger partial charge on any atom is 0.0233 e. The highest BCUT2D eigenvalue weighted by Gasteiger charge is 2.05. The van der Waals surface area contributed by atoms with Gasteiger partial charge in [-0.15, -0.1) is 0 Å². The van der Waals surface area contributed by atoms with Gasteiger partial charge in [-0.3, -0.25) is 0 Å². The largest absolute Gasteiger partial charge is 0.330 e. The molecule has 1 aromatic rings. The van der Waals surface area contributed by atoms with Gasteiger partial charge in [0.1, 0.15) is 0 Å². The second-order valence-corrected chi connectivity index (χ2v) is 5.30. The van der Waals surface area contributed by atoms with Gasteiger partial charge in [0.05, 0.1) is 0 Å². The number of nitrogens with two attached hydrogens (primary N) is 1. The normalized spacial score (nSPS) is 13.1. The number of hydrogen-bond donors (Lipinski definition) is 1. The molecule has 0 aromatic heterocycles. The molecule has 0 saturated carbocycles. The molecule has 17 heavy (non-hydrogen) atoms. The molecule has 1 unspecified atom stereocenters. The Bertz CT molecular complexity index is 347. The maximum atomic E-state index is 5.64. The molecule has 0 saturated heterocycles. The van der Waals surface area contributed by atoms with Gasteiger partial charge in [-0.2, -0.15) is 0 Å². The molecule has 2 N–H and O–H groups in total. The van der Waals surface area contributed by atoms with Gasteiger partial charge >= 0.3 is 0 Å². The summed E-state index contributed by atoms with van der Waals surface area (Å²) in [5, 5.41) is 0. The van der Waals surface area contributed by atoms with E-state index in [4.69, 9.17) is 5.73 Å². The van der Waals surface area contributed by atoms with Crippen molar-refractivity contribution in [3.63, 3.8) is 0 Å². The fourth-order valence-electron chi connectivity index (χ4n) is 1.90. The van der Waals surface area contributed by atoms with Crippen molar-refractivity contribution in [2.75, 3.05) is 20.1 Å². The Morgan fingerprint density at radius 2 is 2.00 bits per heavy atom. The molecule has 1 rings (SSSR count). The van der Waals surface area contributed by atoms with Gasteiger partial charge in [0.15, 0.2) is 0 Å². The summed E-state index contributed by atoms with van der Waals surface area (Å²) in [7, 11) is 2.19. The molecule has 0 heterocycles. The van der Waals surface area contributed by atoms with Crippen molar-refractivity contribution in [2.45, 2.75) is 33.7 Å². The Kier molecular flexibility index (Phi) is 5.66. The van der Waals surface area contributed by atoms with Crippen molar-refractivity contribution in [1.29, 1.82) is 0 Å².